The minimum absolute atomic E-state index is 0.172. The summed E-state index contributed by atoms with van der Waals surface area (Å²) in [5, 5.41) is 0. The summed E-state index contributed by atoms with van der Waals surface area (Å²) in [5.41, 5.74) is 7.25. The predicted octanol–water partition coefficient (Wildman–Crippen LogP) is 3.10. The summed E-state index contributed by atoms with van der Waals surface area (Å²) in [6.45, 7) is 1.95. The van der Waals surface area contributed by atoms with Gasteiger partial charge < -0.3 is 15.4 Å². The highest BCUT2D eigenvalue weighted by Crippen LogP contribution is 2.47. The lowest BCUT2D eigenvalue weighted by Crippen LogP contribution is -2.32. The lowest BCUT2D eigenvalue weighted by Gasteiger charge is -2.32. The van der Waals surface area contributed by atoms with E-state index in [9.17, 15) is 9.59 Å². The van der Waals surface area contributed by atoms with Crippen molar-refractivity contribution in [2.75, 3.05) is 11.4 Å². The number of amides is 1. The molecular formula is C18H18N2O3S. The standard InChI is InChI=1S/C18H18N2O3S/c1-12(18(19)22)23-17(21)10-11-20-13-6-2-4-8-15(13)24-16-9-5-3-7-14(16)20/h2-9,12H,10-11H2,1H3,(H2,19,22). The van der Waals surface area contributed by atoms with E-state index in [4.69, 9.17) is 10.5 Å². The van der Waals surface area contributed by atoms with Crippen LogP contribution in [0.1, 0.15) is 13.3 Å². The zero-order valence-electron chi connectivity index (χ0n) is 13.3. The molecule has 0 saturated heterocycles. The highest BCUT2D eigenvalue weighted by molar-refractivity contribution is 7.99. The van der Waals surface area contributed by atoms with Gasteiger partial charge in [-0.05, 0) is 31.2 Å². The number of anilines is 2. The van der Waals surface area contributed by atoms with Crippen molar-refractivity contribution in [1.82, 2.24) is 0 Å². The molecule has 0 spiro atoms. The molecule has 0 radical (unpaired) electrons. The highest BCUT2D eigenvalue weighted by atomic mass is 32.2. The average Bonchev–Trinajstić information content (AvgIpc) is 2.58. The van der Waals surface area contributed by atoms with Crippen LogP contribution in [0.15, 0.2) is 58.3 Å². The quantitative estimate of drug-likeness (QED) is 0.845. The number of primary amides is 1. The largest absolute Gasteiger partial charge is 0.453 e. The molecule has 2 aromatic carbocycles. The summed E-state index contributed by atoms with van der Waals surface area (Å²) < 4.78 is 5.03. The van der Waals surface area contributed by atoms with E-state index in [1.165, 1.54) is 6.92 Å². The van der Waals surface area contributed by atoms with Crippen molar-refractivity contribution in [2.45, 2.75) is 29.2 Å². The minimum Gasteiger partial charge on any atom is -0.453 e. The van der Waals surface area contributed by atoms with Gasteiger partial charge in [0.05, 0.1) is 17.8 Å². The van der Waals surface area contributed by atoms with E-state index >= 15 is 0 Å². The van der Waals surface area contributed by atoms with Crippen molar-refractivity contribution in [3.05, 3.63) is 48.5 Å². The van der Waals surface area contributed by atoms with E-state index in [-0.39, 0.29) is 6.42 Å². The van der Waals surface area contributed by atoms with Crippen LogP contribution < -0.4 is 10.6 Å². The highest BCUT2D eigenvalue weighted by Gasteiger charge is 2.24. The topological polar surface area (TPSA) is 72.6 Å². The molecule has 1 aliphatic heterocycles. The maximum Gasteiger partial charge on any atom is 0.308 e. The van der Waals surface area contributed by atoms with Gasteiger partial charge in [-0.25, -0.2) is 0 Å². The average molecular weight is 342 g/mol. The Morgan fingerprint density at radius 1 is 1.08 bits per heavy atom. The third kappa shape index (κ3) is 3.38. The number of esters is 1. The van der Waals surface area contributed by atoms with E-state index in [1.54, 1.807) is 11.8 Å². The summed E-state index contributed by atoms with van der Waals surface area (Å²) in [4.78, 5) is 27.4. The number of hydrogen-bond donors (Lipinski definition) is 1. The molecule has 0 aromatic heterocycles. The first-order chi connectivity index (χ1) is 11.6. The molecule has 1 amide bonds. The second kappa shape index (κ2) is 6.97. The second-order valence-corrected chi connectivity index (χ2v) is 6.56. The molecule has 0 saturated carbocycles. The van der Waals surface area contributed by atoms with E-state index in [2.05, 4.69) is 17.0 Å². The smallest absolute Gasteiger partial charge is 0.308 e. The number of nitrogens with zero attached hydrogens (tertiary/aromatic N) is 1. The van der Waals surface area contributed by atoms with E-state index in [0.717, 1.165) is 21.2 Å². The van der Waals surface area contributed by atoms with Crippen LogP contribution in [-0.2, 0) is 14.3 Å². The van der Waals surface area contributed by atoms with Crippen molar-refractivity contribution in [3.63, 3.8) is 0 Å². The van der Waals surface area contributed by atoms with Gasteiger partial charge in [0.1, 0.15) is 0 Å². The Morgan fingerprint density at radius 3 is 2.17 bits per heavy atom. The Labute approximate surface area is 144 Å². The van der Waals surface area contributed by atoms with Gasteiger partial charge in [-0.2, -0.15) is 0 Å². The van der Waals surface area contributed by atoms with Crippen LogP contribution >= 0.6 is 11.8 Å². The summed E-state index contributed by atoms with van der Waals surface area (Å²) in [5.74, 6) is -1.08. The molecule has 5 nitrogen and oxygen atoms in total. The second-order valence-electron chi connectivity index (χ2n) is 5.47. The first kappa shape index (κ1) is 16.4. The van der Waals surface area contributed by atoms with Crippen molar-refractivity contribution in [1.29, 1.82) is 0 Å². The molecular weight excluding hydrogens is 324 g/mol. The fraction of sp³-hybridized carbons (Fsp3) is 0.222. The van der Waals surface area contributed by atoms with Gasteiger partial charge in [-0.3, -0.25) is 9.59 Å². The molecule has 2 N–H and O–H groups in total. The van der Waals surface area contributed by atoms with Crippen LogP contribution in [-0.4, -0.2) is 24.5 Å². The van der Waals surface area contributed by atoms with Gasteiger partial charge >= 0.3 is 5.97 Å². The molecule has 24 heavy (non-hydrogen) atoms. The molecule has 0 bridgehead atoms. The zero-order chi connectivity index (χ0) is 17.1. The molecule has 1 aliphatic rings. The number of rotatable bonds is 5. The Bertz CT molecular complexity index is 733. The summed E-state index contributed by atoms with van der Waals surface area (Å²) in [6.07, 6.45) is -0.737. The number of nitrogens with two attached hydrogens (primary N) is 1. The van der Waals surface area contributed by atoms with E-state index in [0.29, 0.717) is 6.54 Å². The van der Waals surface area contributed by atoms with Crippen LogP contribution in [0.4, 0.5) is 11.4 Å². The van der Waals surface area contributed by atoms with Crippen molar-refractivity contribution in [2.24, 2.45) is 5.73 Å². The predicted molar refractivity (Wildman–Crippen MR) is 93.4 cm³/mol. The molecule has 1 heterocycles. The zero-order valence-corrected chi connectivity index (χ0v) is 14.1. The summed E-state index contributed by atoms with van der Waals surface area (Å²) in [6, 6.07) is 16.2. The third-order valence-electron chi connectivity index (χ3n) is 3.78. The molecule has 0 fully saturated rings. The molecule has 2 aromatic rings. The van der Waals surface area contributed by atoms with Gasteiger partial charge in [-0.1, -0.05) is 36.0 Å². The first-order valence-corrected chi connectivity index (χ1v) is 8.50. The maximum absolute atomic E-state index is 12.0. The summed E-state index contributed by atoms with van der Waals surface area (Å²) in [7, 11) is 0. The van der Waals surface area contributed by atoms with Crippen LogP contribution in [0.5, 0.6) is 0 Å². The number of ether oxygens (including phenoxy) is 1. The Kier molecular flexibility index (Phi) is 4.76. The fourth-order valence-corrected chi connectivity index (χ4v) is 3.64. The molecule has 0 aliphatic carbocycles. The van der Waals surface area contributed by atoms with Crippen molar-refractivity contribution in [3.8, 4) is 0 Å². The van der Waals surface area contributed by atoms with Gasteiger partial charge in [0.15, 0.2) is 6.10 Å². The van der Waals surface area contributed by atoms with E-state index in [1.807, 2.05) is 36.4 Å². The summed E-state index contributed by atoms with van der Waals surface area (Å²) >= 11 is 1.72. The van der Waals surface area contributed by atoms with Crippen LogP contribution in [0.2, 0.25) is 0 Å². The number of hydrogen-bond acceptors (Lipinski definition) is 5. The van der Waals surface area contributed by atoms with Crippen LogP contribution in [0.3, 0.4) is 0 Å². The number of carbonyl (C=O) groups is 2. The number of para-hydroxylation sites is 2. The molecule has 6 heteroatoms. The number of carbonyl (C=O) groups excluding carboxylic acids is 2. The monoisotopic (exact) mass is 342 g/mol. The van der Waals surface area contributed by atoms with Gasteiger partial charge in [-0.15, -0.1) is 0 Å². The van der Waals surface area contributed by atoms with Crippen molar-refractivity contribution >= 4 is 35.0 Å². The minimum atomic E-state index is -0.908. The molecule has 3 rings (SSSR count). The third-order valence-corrected chi connectivity index (χ3v) is 4.91. The Morgan fingerprint density at radius 2 is 1.62 bits per heavy atom. The normalized spacial score (nSPS) is 13.6. The lowest BCUT2D eigenvalue weighted by atomic mass is 10.2. The SMILES string of the molecule is CC(OC(=O)CCN1c2ccccc2Sc2ccccc21)C(N)=O. The van der Waals surface area contributed by atoms with Crippen molar-refractivity contribution < 1.29 is 14.3 Å². The number of benzene rings is 2. The molecule has 1 unspecified atom stereocenters. The lowest BCUT2D eigenvalue weighted by molar-refractivity contribution is -0.153. The van der Waals surface area contributed by atoms with Crippen LogP contribution in [0, 0.1) is 0 Å². The number of fused-ring (bicyclic) bond motifs is 2. The van der Waals surface area contributed by atoms with Crippen LogP contribution in [0.25, 0.3) is 0 Å². The maximum atomic E-state index is 12.0. The first-order valence-electron chi connectivity index (χ1n) is 7.68. The van der Waals surface area contributed by atoms with Gasteiger partial charge in [0, 0.05) is 16.3 Å². The van der Waals surface area contributed by atoms with Gasteiger partial charge in [0.25, 0.3) is 5.91 Å². The van der Waals surface area contributed by atoms with E-state index < -0.39 is 18.0 Å². The Hall–Kier alpha value is -2.47. The molecule has 124 valence electrons. The fourth-order valence-electron chi connectivity index (χ4n) is 2.54. The molecule has 1 atom stereocenters. The Balaban J connectivity index is 1.78. The van der Waals surface area contributed by atoms with Gasteiger partial charge in [0.2, 0.25) is 0 Å².